The van der Waals surface area contributed by atoms with Crippen molar-refractivity contribution in [3.8, 4) is 0 Å². The first kappa shape index (κ1) is 13.5. The summed E-state index contributed by atoms with van der Waals surface area (Å²) in [6.07, 6.45) is 2.03. The van der Waals surface area contributed by atoms with Crippen LogP contribution >= 0.6 is 0 Å². The van der Waals surface area contributed by atoms with Crippen molar-refractivity contribution in [2.45, 2.75) is 39.2 Å². The van der Waals surface area contributed by atoms with Crippen molar-refractivity contribution in [2.24, 2.45) is 5.92 Å². The standard InChI is InChI=1S/C12H24N2O2/c1-4-13-8-10(2)11(15)14-12(3)6-5-7-16-9-12/h10,13H,4-9H2,1-3H3,(H,14,15). The Labute approximate surface area is 98.1 Å². The zero-order valence-electron chi connectivity index (χ0n) is 10.6. The van der Waals surface area contributed by atoms with Gasteiger partial charge in [-0.3, -0.25) is 4.79 Å². The minimum absolute atomic E-state index is 0.0127. The lowest BCUT2D eigenvalue weighted by Crippen LogP contribution is -2.53. The van der Waals surface area contributed by atoms with E-state index in [4.69, 9.17) is 4.74 Å². The van der Waals surface area contributed by atoms with Gasteiger partial charge in [0.15, 0.2) is 0 Å². The molecule has 0 aliphatic carbocycles. The fraction of sp³-hybridized carbons (Fsp3) is 0.917. The van der Waals surface area contributed by atoms with Crippen LogP contribution in [-0.4, -0.2) is 37.7 Å². The molecule has 4 heteroatoms. The van der Waals surface area contributed by atoms with Crippen molar-refractivity contribution in [1.29, 1.82) is 0 Å². The van der Waals surface area contributed by atoms with Crippen molar-refractivity contribution < 1.29 is 9.53 Å². The Balaban J connectivity index is 2.36. The number of carbonyl (C=O) groups excluding carboxylic acids is 1. The van der Waals surface area contributed by atoms with Crippen LogP contribution in [0.1, 0.15) is 33.6 Å². The zero-order valence-corrected chi connectivity index (χ0v) is 10.6. The number of amides is 1. The van der Waals surface area contributed by atoms with Gasteiger partial charge in [0.05, 0.1) is 12.1 Å². The maximum atomic E-state index is 11.9. The van der Waals surface area contributed by atoms with Gasteiger partial charge in [-0.2, -0.15) is 0 Å². The van der Waals surface area contributed by atoms with Crippen molar-refractivity contribution in [3.63, 3.8) is 0 Å². The van der Waals surface area contributed by atoms with Gasteiger partial charge in [-0.1, -0.05) is 13.8 Å². The molecule has 94 valence electrons. The number of carbonyl (C=O) groups is 1. The van der Waals surface area contributed by atoms with Crippen LogP contribution in [0.4, 0.5) is 0 Å². The van der Waals surface area contributed by atoms with E-state index in [0.717, 1.165) is 32.5 Å². The molecule has 1 amide bonds. The van der Waals surface area contributed by atoms with Gasteiger partial charge in [0.1, 0.15) is 0 Å². The zero-order chi connectivity index (χ0) is 12.0. The van der Waals surface area contributed by atoms with Crippen molar-refractivity contribution in [3.05, 3.63) is 0 Å². The molecule has 0 radical (unpaired) electrons. The predicted octanol–water partition coefficient (Wildman–Crippen LogP) is 0.917. The molecular weight excluding hydrogens is 204 g/mol. The highest BCUT2D eigenvalue weighted by Crippen LogP contribution is 2.18. The Morgan fingerprint density at radius 2 is 2.31 bits per heavy atom. The average Bonchev–Trinajstić information content (AvgIpc) is 2.26. The number of hydrogen-bond acceptors (Lipinski definition) is 3. The van der Waals surface area contributed by atoms with Crippen LogP contribution in [0.15, 0.2) is 0 Å². The molecule has 2 N–H and O–H groups in total. The van der Waals surface area contributed by atoms with Crippen LogP contribution in [0.3, 0.4) is 0 Å². The molecule has 2 atom stereocenters. The molecule has 4 nitrogen and oxygen atoms in total. The summed E-state index contributed by atoms with van der Waals surface area (Å²) >= 11 is 0. The summed E-state index contributed by atoms with van der Waals surface area (Å²) in [5.74, 6) is 0.132. The summed E-state index contributed by atoms with van der Waals surface area (Å²) in [6, 6.07) is 0. The highest BCUT2D eigenvalue weighted by molar-refractivity contribution is 5.79. The molecule has 0 aromatic carbocycles. The first-order valence-electron chi connectivity index (χ1n) is 6.18. The van der Waals surface area contributed by atoms with E-state index in [1.165, 1.54) is 0 Å². The van der Waals surface area contributed by atoms with E-state index in [9.17, 15) is 4.79 Å². The van der Waals surface area contributed by atoms with Crippen LogP contribution in [0.25, 0.3) is 0 Å². The molecule has 1 aliphatic heterocycles. The Morgan fingerprint density at radius 1 is 1.56 bits per heavy atom. The molecule has 0 saturated carbocycles. The van der Waals surface area contributed by atoms with E-state index in [2.05, 4.69) is 17.6 Å². The minimum Gasteiger partial charge on any atom is -0.379 e. The van der Waals surface area contributed by atoms with Gasteiger partial charge in [-0.05, 0) is 26.3 Å². The quantitative estimate of drug-likeness (QED) is 0.735. The van der Waals surface area contributed by atoms with Crippen molar-refractivity contribution >= 4 is 5.91 Å². The number of nitrogens with one attached hydrogen (secondary N) is 2. The fourth-order valence-electron chi connectivity index (χ4n) is 1.91. The summed E-state index contributed by atoms with van der Waals surface area (Å²) in [6.45, 7) is 9.14. The van der Waals surface area contributed by atoms with Crippen LogP contribution in [0.2, 0.25) is 0 Å². The molecule has 1 aliphatic rings. The first-order chi connectivity index (χ1) is 7.57. The molecule has 16 heavy (non-hydrogen) atoms. The van der Waals surface area contributed by atoms with E-state index in [1.54, 1.807) is 0 Å². The summed E-state index contributed by atoms with van der Waals surface area (Å²) in [7, 11) is 0. The van der Waals surface area contributed by atoms with E-state index < -0.39 is 0 Å². The monoisotopic (exact) mass is 228 g/mol. The first-order valence-corrected chi connectivity index (χ1v) is 6.18. The SMILES string of the molecule is CCNCC(C)C(=O)NC1(C)CCCOC1. The Morgan fingerprint density at radius 3 is 2.88 bits per heavy atom. The summed E-state index contributed by atoms with van der Waals surface area (Å²) < 4.78 is 5.42. The lowest BCUT2D eigenvalue weighted by molar-refractivity contribution is -0.128. The van der Waals surface area contributed by atoms with Crippen molar-refractivity contribution in [1.82, 2.24) is 10.6 Å². The van der Waals surface area contributed by atoms with Crippen LogP contribution in [0, 0.1) is 5.92 Å². The van der Waals surface area contributed by atoms with Crippen LogP contribution < -0.4 is 10.6 Å². The smallest absolute Gasteiger partial charge is 0.224 e. The molecule has 1 fully saturated rings. The highest BCUT2D eigenvalue weighted by atomic mass is 16.5. The van der Waals surface area contributed by atoms with Gasteiger partial charge in [-0.15, -0.1) is 0 Å². The maximum absolute atomic E-state index is 11.9. The lowest BCUT2D eigenvalue weighted by atomic mass is 9.94. The highest BCUT2D eigenvalue weighted by Gasteiger charge is 2.30. The van der Waals surface area contributed by atoms with Gasteiger partial charge in [-0.25, -0.2) is 0 Å². The van der Waals surface area contributed by atoms with E-state index in [0.29, 0.717) is 6.61 Å². The number of ether oxygens (including phenoxy) is 1. The molecule has 0 bridgehead atoms. The van der Waals surface area contributed by atoms with Gasteiger partial charge in [0.2, 0.25) is 5.91 Å². The van der Waals surface area contributed by atoms with Gasteiger partial charge < -0.3 is 15.4 Å². The van der Waals surface area contributed by atoms with E-state index >= 15 is 0 Å². The van der Waals surface area contributed by atoms with E-state index in [1.807, 2.05) is 13.8 Å². The number of rotatable bonds is 5. The van der Waals surface area contributed by atoms with Gasteiger partial charge >= 0.3 is 0 Å². The second-order valence-electron chi connectivity index (χ2n) is 4.91. The Kier molecular flexibility index (Phi) is 5.22. The second-order valence-corrected chi connectivity index (χ2v) is 4.91. The fourth-order valence-corrected chi connectivity index (χ4v) is 1.91. The van der Waals surface area contributed by atoms with Gasteiger partial charge in [0, 0.05) is 19.1 Å². The predicted molar refractivity (Wildman–Crippen MR) is 64.3 cm³/mol. The third-order valence-corrected chi connectivity index (χ3v) is 3.01. The summed E-state index contributed by atoms with van der Waals surface area (Å²) in [4.78, 5) is 11.9. The largest absolute Gasteiger partial charge is 0.379 e. The topological polar surface area (TPSA) is 50.4 Å². The Bertz CT molecular complexity index is 225. The van der Waals surface area contributed by atoms with Gasteiger partial charge in [0.25, 0.3) is 0 Å². The molecular formula is C12H24N2O2. The molecule has 0 spiro atoms. The molecule has 0 aromatic heterocycles. The second kappa shape index (κ2) is 6.21. The Hall–Kier alpha value is -0.610. The van der Waals surface area contributed by atoms with Crippen LogP contribution in [-0.2, 0) is 9.53 Å². The van der Waals surface area contributed by atoms with Crippen LogP contribution in [0.5, 0.6) is 0 Å². The number of hydrogen-bond donors (Lipinski definition) is 2. The normalized spacial score (nSPS) is 27.4. The van der Waals surface area contributed by atoms with E-state index in [-0.39, 0.29) is 17.4 Å². The lowest BCUT2D eigenvalue weighted by Gasteiger charge is -2.35. The summed E-state index contributed by atoms with van der Waals surface area (Å²) in [5, 5.41) is 6.29. The third kappa shape index (κ3) is 4.10. The molecule has 1 heterocycles. The molecule has 2 unspecified atom stereocenters. The molecule has 0 aromatic rings. The minimum atomic E-state index is -0.171. The molecule has 1 rings (SSSR count). The summed E-state index contributed by atoms with van der Waals surface area (Å²) in [5.41, 5.74) is -0.171. The third-order valence-electron chi connectivity index (χ3n) is 3.01. The average molecular weight is 228 g/mol. The molecule has 1 saturated heterocycles. The van der Waals surface area contributed by atoms with Crippen molar-refractivity contribution in [2.75, 3.05) is 26.3 Å². The maximum Gasteiger partial charge on any atom is 0.224 e.